The van der Waals surface area contributed by atoms with Gasteiger partial charge in [0.2, 0.25) is 0 Å². The molecule has 28 heavy (non-hydrogen) atoms. The van der Waals surface area contributed by atoms with Crippen molar-refractivity contribution in [3.05, 3.63) is 74.8 Å². The molecule has 0 aliphatic carbocycles. The number of hydrogen-bond donors (Lipinski definition) is 0. The molecule has 5 nitrogen and oxygen atoms in total. The van der Waals surface area contributed by atoms with Gasteiger partial charge in [-0.15, -0.1) is 0 Å². The van der Waals surface area contributed by atoms with Crippen LogP contribution >= 0.6 is 15.9 Å². The summed E-state index contributed by atoms with van der Waals surface area (Å²) in [4.78, 5) is 17.6. The summed E-state index contributed by atoms with van der Waals surface area (Å²) in [7, 11) is 1.64. The van der Waals surface area contributed by atoms with E-state index in [2.05, 4.69) is 32.9 Å². The lowest BCUT2D eigenvalue weighted by Gasteiger charge is -2.08. The number of methoxy groups -OCH3 is 1. The molecule has 0 aliphatic rings. The second kappa shape index (κ2) is 9.46. The Labute approximate surface area is 172 Å². The van der Waals surface area contributed by atoms with Crippen LogP contribution in [0, 0.1) is 0 Å². The molecule has 0 radical (unpaired) electrons. The first-order valence-corrected chi connectivity index (χ1v) is 9.98. The zero-order valence-electron chi connectivity index (χ0n) is 15.9. The number of allylic oxidation sites excluding steroid dienone is 1. The van der Waals surface area contributed by atoms with E-state index in [-0.39, 0.29) is 5.56 Å². The highest BCUT2D eigenvalue weighted by Crippen LogP contribution is 2.17. The highest BCUT2D eigenvalue weighted by molar-refractivity contribution is 9.10. The van der Waals surface area contributed by atoms with Gasteiger partial charge in [0.05, 0.1) is 18.0 Å². The number of aromatic nitrogens is 2. The van der Waals surface area contributed by atoms with Crippen LogP contribution in [0.5, 0.6) is 5.75 Å². The third-order valence-electron chi connectivity index (χ3n) is 4.30. The molecule has 1 aromatic heterocycles. The van der Waals surface area contributed by atoms with Gasteiger partial charge in [0.15, 0.2) is 0 Å². The fourth-order valence-electron chi connectivity index (χ4n) is 2.78. The molecule has 3 rings (SSSR count). The van der Waals surface area contributed by atoms with Gasteiger partial charge in [-0.3, -0.25) is 4.79 Å². The van der Waals surface area contributed by atoms with Crippen molar-refractivity contribution in [2.45, 2.75) is 26.2 Å². The van der Waals surface area contributed by atoms with Crippen LogP contribution in [0.15, 0.2) is 62.9 Å². The van der Waals surface area contributed by atoms with Crippen molar-refractivity contribution >= 4 is 39.1 Å². The average Bonchev–Trinajstić information content (AvgIpc) is 2.72. The van der Waals surface area contributed by atoms with Gasteiger partial charge in [0.25, 0.3) is 5.56 Å². The molecule has 2 aromatic carbocycles. The van der Waals surface area contributed by atoms with E-state index in [1.807, 2.05) is 48.6 Å². The number of halogens is 1. The molecule has 0 unspecified atom stereocenters. The van der Waals surface area contributed by atoms with Crippen LogP contribution in [0.3, 0.4) is 0 Å². The van der Waals surface area contributed by atoms with Crippen LogP contribution in [-0.2, 0) is 6.42 Å². The zero-order valence-corrected chi connectivity index (χ0v) is 17.5. The first-order chi connectivity index (χ1) is 13.6. The van der Waals surface area contributed by atoms with Gasteiger partial charge >= 0.3 is 0 Å². The minimum absolute atomic E-state index is 0.161. The van der Waals surface area contributed by atoms with Crippen LogP contribution in [0.25, 0.3) is 17.0 Å². The summed E-state index contributed by atoms with van der Waals surface area (Å²) in [5.41, 5.74) is 1.55. The Morgan fingerprint density at radius 2 is 2.00 bits per heavy atom. The molecule has 0 saturated heterocycles. The largest absolute Gasteiger partial charge is 0.497 e. The second-order valence-electron chi connectivity index (χ2n) is 6.31. The van der Waals surface area contributed by atoms with Crippen molar-refractivity contribution in [2.75, 3.05) is 7.11 Å². The van der Waals surface area contributed by atoms with E-state index >= 15 is 0 Å². The highest BCUT2D eigenvalue weighted by atomic mass is 79.9. The van der Waals surface area contributed by atoms with E-state index in [1.165, 1.54) is 4.68 Å². The summed E-state index contributed by atoms with van der Waals surface area (Å²) in [6, 6.07) is 13.2. The molecule has 3 aromatic rings. The summed E-state index contributed by atoms with van der Waals surface area (Å²) in [5, 5.41) is 4.92. The molecule has 0 bridgehead atoms. The molecular formula is C22H22BrN3O2. The Bertz CT molecular complexity index is 1070. The minimum Gasteiger partial charge on any atom is -0.497 e. The number of unbranched alkanes of at least 4 members (excludes halogenated alkanes) is 1. The van der Waals surface area contributed by atoms with E-state index in [0.717, 1.165) is 28.6 Å². The first-order valence-electron chi connectivity index (χ1n) is 9.18. The van der Waals surface area contributed by atoms with Gasteiger partial charge < -0.3 is 4.74 Å². The van der Waals surface area contributed by atoms with Crippen molar-refractivity contribution < 1.29 is 4.74 Å². The molecule has 0 spiro atoms. The quantitative estimate of drug-likeness (QED) is 0.483. The summed E-state index contributed by atoms with van der Waals surface area (Å²) in [5.74, 6) is 1.49. The summed E-state index contributed by atoms with van der Waals surface area (Å²) < 4.78 is 7.40. The van der Waals surface area contributed by atoms with Gasteiger partial charge in [-0.1, -0.05) is 47.5 Å². The lowest BCUT2D eigenvalue weighted by atomic mass is 10.2. The summed E-state index contributed by atoms with van der Waals surface area (Å²) in [6.45, 7) is 2.11. The van der Waals surface area contributed by atoms with Gasteiger partial charge in [0.1, 0.15) is 11.6 Å². The summed E-state index contributed by atoms with van der Waals surface area (Å²) in [6.07, 6.45) is 8.03. The molecular weight excluding hydrogens is 418 g/mol. The Morgan fingerprint density at radius 1 is 1.21 bits per heavy atom. The number of hydrogen-bond acceptors (Lipinski definition) is 4. The van der Waals surface area contributed by atoms with Crippen LogP contribution in [0.2, 0.25) is 0 Å². The maximum atomic E-state index is 12.9. The third kappa shape index (κ3) is 4.75. The van der Waals surface area contributed by atoms with Gasteiger partial charge in [0, 0.05) is 17.1 Å². The Balaban J connectivity index is 1.92. The van der Waals surface area contributed by atoms with Crippen molar-refractivity contribution in [2.24, 2.45) is 5.10 Å². The average molecular weight is 440 g/mol. The molecule has 0 amide bonds. The van der Waals surface area contributed by atoms with E-state index in [9.17, 15) is 4.79 Å². The molecule has 0 saturated carbocycles. The molecule has 144 valence electrons. The minimum atomic E-state index is -0.161. The lowest BCUT2D eigenvalue weighted by Crippen LogP contribution is -2.22. The zero-order chi connectivity index (χ0) is 19.9. The molecule has 0 aliphatic heterocycles. The van der Waals surface area contributed by atoms with Crippen LogP contribution in [0.4, 0.5) is 0 Å². The van der Waals surface area contributed by atoms with Crippen LogP contribution < -0.4 is 10.3 Å². The first kappa shape index (κ1) is 20.0. The van der Waals surface area contributed by atoms with E-state index in [1.54, 1.807) is 19.4 Å². The molecule has 1 heterocycles. The van der Waals surface area contributed by atoms with Crippen LogP contribution in [0.1, 0.15) is 31.2 Å². The topological polar surface area (TPSA) is 56.5 Å². The Kier molecular flexibility index (Phi) is 6.76. The summed E-state index contributed by atoms with van der Waals surface area (Å²) >= 11 is 3.42. The van der Waals surface area contributed by atoms with Gasteiger partial charge in [-0.05, 0) is 48.4 Å². The Hall–Kier alpha value is -2.73. The molecule has 0 atom stereocenters. The normalized spacial score (nSPS) is 11.7. The molecule has 0 N–H and O–H groups in total. The van der Waals surface area contributed by atoms with Crippen molar-refractivity contribution in [3.63, 3.8) is 0 Å². The fraction of sp³-hybridized carbons (Fsp3) is 0.227. The van der Waals surface area contributed by atoms with Gasteiger partial charge in [-0.25, -0.2) is 4.98 Å². The number of rotatable bonds is 7. The Morgan fingerprint density at radius 3 is 2.71 bits per heavy atom. The second-order valence-corrected chi connectivity index (χ2v) is 7.22. The number of ether oxygens (including phenoxy) is 1. The van der Waals surface area contributed by atoms with Crippen molar-refractivity contribution in [1.82, 2.24) is 9.66 Å². The highest BCUT2D eigenvalue weighted by Gasteiger charge is 2.10. The number of fused-ring (bicyclic) bond motifs is 1. The standard InChI is InChI=1S/C22H22BrN3O2/c1-3-4-7-21-25-20-13-10-17(23)15-19(20)22(27)26(21)24-14-5-6-16-8-11-18(28-2)12-9-16/h5-6,8-15H,3-4,7H2,1-2H3/b6-5+,24-14?. The van der Waals surface area contributed by atoms with Crippen molar-refractivity contribution in [1.29, 1.82) is 0 Å². The van der Waals surface area contributed by atoms with Gasteiger partial charge in [-0.2, -0.15) is 9.78 Å². The number of benzene rings is 2. The van der Waals surface area contributed by atoms with Crippen LogP contribution in [-0.4, -0.2) is 23.0 Å². The SMILES string of the molecule is CCCCc1nc2ccc(Br)cc2c(=O)n1N=C/C=C/c1ccc(OC)cc1. The third-order valence-corrected chi connectivity index (χ3v) is 4.80. The number of aryl methyl sites for hydroxylation is 1. The molecule has 6 heteroatoms. The van der Waals surface area contributed by atoms with E-state index in [4.69, 9.17) is 4.74 Å². The maximum absolute atomic E-state index is 12.9. The number of nitrogens with zero attached hydrogens (tertiary/aromatic N) is 3. The lowest BCUT2D eigenvalue weighted by molar-refractivity contribution is 0.415. The van der Waals surface area contributed by atoms with E-state index in [0.29, 0.717) is 23.1 Å². The fourth-order valence-corrected chi connectivity index (χ4v) is 3.15. The smallest absolute Gasteiger partial charge is 0.282 e. The van der Waals surface area contributed by atoms with Crippen molar-refractivity contribution in [3.8, 4) is 5.75 Å². The predicted molar refractivity (Wildman–Crippen MR) is 118 cm³/mol. The molecule has 0 fully saturated rings. The maximum Gasteiger partial charge on any atom is 0.282 e. The predicted octanol–water partition coefficient (Wildman–Crippen LogP) is 5.06. The monoisotopic (exact) mass is 439 g/mol. The van der Waals surface area contributed by atoms with E-state index < -0.39 is 0 Å².